The van der Waals surface area contributed by atoms with E-state index in [0.717, 1.165) is 5.56 Å². The van der Waals surface area contributed by atoms with E-state index in [9.17, 15) is 5.11 Å². The summed E-state index contributed by atoms with van der Waals surface area (Å²) in [6, 6.07) is 7.40. The maximum atomic E-state index is 9.35. The van der Waals surface area contributed by atoms with Crippen molar-refractivity contribution < 1.29 is 5.11 Å². The van der Waals surface area contributed by atoms with Crippen LogP contribution in [0.3, 0.4) is 0 Å². The Morgan fingerprint density at radius 2 is 2.14 bits per heavy atom. The highest BCUT2D eigenvalue weighted by atomic mass is 16.3. The van der Waals surface area contributed by atoms with Crippen molar-refractivity contribution in [3.05, 3.63) is 29.8 Å². The Hall–Kier alpha value is -1.10. The van der Waals surface area contributed by atoms with E-state index in [-0.39, 0.29) is 18.0 Å². The third kappa shape index (κ3) is 1.59. The van der Waals surface area contributed by atoms with Crippen LogP contribution in [0.15, 0.2) is 24.3 Å². The highest BCUT2D eigenvalue weighted by Crippen LogP contribution is 2.28. The van der Waals surface area contributed by atoms with Gasteiger partial charge in [0, 0.05) is 5.92 Å². The summed E-state index contributed by atoms with van der Waals surface area (Å²) in [5, 5.41) is 9.35. The van der Waals surface area contributed by atoms with Crippen molar-refractivity contribution >= 4 is 0 Å². The van der Waals surface area contributed by atoms with Crippen molar-refractivity contribution in [2.24, 2.45) is 11.7 Å². The molecule has 1 aromatic carbocycles. The molecule has 1 aliphatic heterocycles. The Balaban J connectivity index is 2.23. The lowest BCUT2D eigenvalue weighted by Gasteiger charge is -2.16. The summed E-state index contributed by atoms with van der Waals surface area (Å²) >= 11 is 0. The van der Waals surface area contributed by atoms with Crippen molar-refractivity contribution in [1.29, 1.82) is 0 Å². The fourth-order valence-corrected chi connectivity index (χ4v) is 1.76. The smallest absolute Gasteiger partial charge is 0.115 e. The van der Waals surface area contributed by atoms with Gasteiger partial charge < -0.3 is 10.8 Å². The second kappa shape index (κ2) is 3.57. The van der Waals surface area contributed by atoms with Gasteiger partial charge in [0.15, 0.2) is 0 Å². The zero-order valence-corrected chi connectivity index (χ0v) is 8.07. The minimum atomic E-state index is -0.0395. The number of rotatable bonds is 1. The molecule has 4 heteroatoms. The largest absolute Gasteiger partial charge is 0.508 e. The van der Waals surface area contributed by atoms with Gasteiger partial charge in [0.25, 0.3) is 0 Å². The molecule has 1 aliphatic rings. The van der Waals surface area contributed by atoms with Gasteiger partial charge in [-0.1, -0.05) is 19.1 Å². The van der Waals surface area contributed by atoms with Crippen molar-refractivity contribution in [1.82, 2.24) is 10.9 Å². The Labute approximate surface area is 83.1 Å². The molecule has 3 unspecified atom stereocenters. The molecular formula is C10H15N3O. The predicted octanol–water partition coefficient (Wildman–Crippen LogP) is 0.462. The summed E-state index contributed by atoms with van der Waals surface area (Å²) in [5.41, 5.74) is 13.0. The normalized spacial score (nSPS) is 32.0. The van der Waals surface area contributed by atoms with E-state index in [4.69, 9.17) is 5.73 Å². The number of hydrogen-bond acceptors (Lipinski definition) is 4. The molecule has 14 heavy (non-hydrogen) atoms. The molecule has 0 aromatic heterocycles. The highest BCUT2D eigenvalue weighted by molar-refractivity contribution is 5.30. The van der Waals surface area contributed by atoms with Crippen LogP contribution < -0.4 is 16.6 Å². The van der Waals surface area contributed by atoms with Gasteiger partial charge in [-0.2, -0.15) is 0 Å². The minimum Gasteiger partial charge on any atom is -0.508 e. The Kier molecular flexibility index (Phi) is 2.41. The molecule has 0 bridgehead atoms. The van der Waals surface area contributed by atoms with Crippen LogP contribution in [0.5, 0.6) is 5.75 Å². The molecule has 0 spiro atoms. The Bertz CT molecular complexity index is 329. The fraction of sp³-hybridized carbons (Fsp3) is 0.400. The van der Waals surface area contributed by atoms with Gasteiger partial charge >= 0.3 is 0 Å². The van der Waals surface area contributed by atoms with Gasteiger partial charge in [-0.3, -0.25) is 0 Å². The van der Waals surface area contributed by atoms with Gasteiger partial charge in [0.1, 0.15) is 5.75 Å². The molecule has 0 radical (unpaired) electrons. The lowest BCUT2D eigenvalue weighted by molar-refractivity contribution is 0.454. The van der Waals surface area contributed by atoms with Crippen molar-refractivity contribution in [3.63, 3.8) is 0 Å². The lowest BCUT2D eigenvalue weighted by Crippen LogP contribution is -2.38. The second-order valence-corrected chi connectivity index (χ2v) is 3.75. The lowest BCUT2D eigenvalue weighted by atomic mass is 9.95. The third-order valence-corrected chi connectivity index (χ3v) is 2.73. The highest BCUT2D eigenvalue weighted by Gasteiger charge is 2.30. The van der Waals surface area contributed by atoms with Crippen LogP contribution in [0.4, 0.5) is 0 Å². The average Bonchev–Trinajstić information content (AvgIpc) is 2.48. The van der Waals surface area contributed by atoms with Crippen LogP contribution in [0.1, 0.15) is 18.5 Å². The average molecular weight is 193 g/mol. The van der Waals surface area contributed by atoms with E-state index in [1.54, 1.807) is 12.1 Å². The number of nitrogens with two attached hydrogens (primary N) is 1. The maximum Gasteiger partial charge on any atom is 0.115 e. The number of phenolic OH excluding ortho intramolecular Hbond substituents is 1. The summed E-state index contributed by atoms with van der Waals surface area (Å²) in [6.45, 7) is 2.08. The molecule has 4 nitrogen and oxygen atoms in total. The topological polar surface area (TPSA) is 70.3 Å². The van der Waals surface area contributed by atoms with Gasteiger partial charge in [-0.25, -0.2) is 10.9 Å². The minimum absolute atomic E-state index is 0.0395. The van der Waals surface area contributed by atoms with E-state index in [2.05, 4.69) is 17.8 Å². The van der Waals surface area contributed by atoms with Crippen LogP contribution in [-0.2, 0) is 0 Å². The number of aromatic hydroxyl groups is 1. The van der Waals surface area contributed by atoms with E-state index in [1.165, 1.54) is 0 Å². The van der Waals surface area contributed by atoms with E-state index in [1.807, 2.05) is 12.1 Å². The molecule has 5 N–H and O–H groups in total. The molecular weight excluding hydrogens is 178 g/mol. The molecule has 76 valence electrons. The first-order valence-corrected chi connectivity index (χ1v) is 4.74. The van der Waals surface area contributed by atoms with Crippen molar-refractivity contribution in [2.75, 3.05) is 0 Å². The quantitative estimate of drug-likeness (QED) is 0.523. The van der Waals surface area contributed by atoms with Crippen LogP contribution in [0, 0.1) is 5.92 Å². The van der Waals surface area contributed by atoms with Gasteiger partial charge in [-0.15, -0.1) is 0 Å². The van der Waals surface area contributed by atoms with E-state index >= 15 is 0 Å². The van der Waals surface area contributed by atoms with Crippen LogP contribution in [0.25, 0.3) is 0 Å². The standard InChI is InChI=1S/C10H15N3O/c1-6-9(12-13-10(6)11)7-3-2-4-8(14)5-7/h2-6,9-10,12-14H,11H2,1H3. The molecule has 0 aliphatic carbocycles. The number of hydrogen-bond donors (Lipinski definition) is 4. The second-order valence-electron chi connectivity index (χ2n) is 3.75. The SMILES string of the molecule is CC1C(N)NNC1c1cccc(O)c1. The number of phenols is 1. The summed E-state index contributed by atoms with van der Waals surface area (Å²) in [7, 11) is 0. The number of hydrazine groups is 1. The van der Waals surface area contributed by atoms with Crippen LogP contribution >= 0.6 is 0 Å². The van der Waals surface area contributed by atoms with Gasteiger partial charge in [0.05, 0.1) is 12.2 Å². The molecule has 1 aromatic rings. The summed E-state index contributed by atoms with van der Waals surface area (Å²) < 4.78 is 0. The molecule has 1 saturated heterocycles. The number of benzene rings is 1. The first-order chi connectivity index (χ1) is 6.68. The van der Waals surface area contributed by atoms with Crippen LogP contribution in [-0.4, -0.2) is 11.3 Å². The number of nitrogens with one attached hydrogen (secondary N) is 2. The molecule has 3 atom stereocenters. The first-order valence-electron chi connectivity index (χ1n) is 4.74. The summed E-state index contributed by atoms with van der Waals surface area (Å²) in [4.78, 5) is 0. The van der Waals surface area contributed by atoms with Crippen molar-refractivity contribution in [3.8, 4) is 5.75 Å². The summed E-state index contributed by atoms with van der Waals surface area (Å²) in [5.74, 6) is 0.591. The molecule has 1 heterocycles. The maximum absolute atomic E-state index is 9.35. The third-order valence-electron chi connectivity index (χ3n) is 2.73. The van der Waals surface area contributed by atoms with E-state index < -0.39 is 0 Å². The zero-order chi connectivity index (χ0) is 10.1. The molecule has 0 saturated carbocycles. The fourth-order valence-electron chi connectivity index (χ4n) is 1.76. The van der Waals surface area contributed by atoms with Gasteiger partial charge in [0.2, 0.25) is 0 Å². The predicted molar refractivity (Wildman–Crippen MR) is 54.3 cm³/mol. The van der Waals surface area contributed by atoms with Crippen LogP contribution in [0.2, 0.25) is 0 Å². The molecule has 1 fully saturated rings. The monoisotopic (exact) mass is 193 g/mol. The zero-order valence-electron chi connectivity index (χ0n) is 8.07. The summed E-state index contributed by atoms with van der Waals surface area (Å²) in [6.07, 6.45) is -0.0395. The van der Waals surface area contributed by atoms with Gasteiger partial charge in [-0.05, 0) is 17.7 Å². The molecule has 0 amide bonds. The van der Waals surface area contributed by atoms with Crippen molar-refractivity contribution in [2.45, 2.75) is 19.1 Å². The van der Waals surface area contributed by atoms with E-state index in [0.29, 0.717) is 5.92 Å². The Morgan fingerprint density at radius 3 is 2.71 bits per heavy atom. The first kappa shape index (κ1) is 9.45. The molecule has 2 rings (SSSR count). The Morgan fingerprint density at radius 1 is 1.36 bits per heavy atom.